The molecule has 0 saturated carbocycles. The Morgan fingerprint density at radius 1 is 1.28 bits per heavy atom. The number of hydrogen-bond donors (Lipinski definition) is 0. The Balaban J connectivity index is 3.30. The van der Waals surface area contributed by atoms with Crippen molar-refractivity contribution >= 4 is 6.29 Å². The Morgan fingerprint density at radius 2 is 1.94 bits per heavy atom. The molecule has 4 heteroatoms. The SMILES string of the molecule is COc1cc(C(C)(C)F)cc(CCC=O)c1OC. The summed E-state index contributed by atoms with van der Waals surface area (Å²) in [6.45, 7) is 2.97. The van der Waals surface area contributed by atoms with E-state index in [1.165, 1.54) is 28.1 Å². The van der Waals surface area contributed by atoms with E-state index < -0.39 is 5.67 Å². The van der Waals surface area contributed by atoms with Gasteiger partial charge in [0.15, 0.2) is 11.5 Å². The van der Waals surface area contributed by atoms with Crippen LogP contribution in [-0.2, 0) is 16.9 Å². The van der Waals surface area contributed by atoms with Crippen LogP contribution in [-0.4, -0.2) is 20.5 Å². The molecule has 0 heterocycles. The predicted molar refractivity (Wildman–Crippen MR) is 68.1 cm³/mol. The molecule has 0 spiro atoms. The van der Waals surface area contributed by atoms with E-state index in [2.05, 4.69) is 0 Å². The number of halogens is 1. The van der Waals surface area contributed by atoms with E-state index >= 15 is 0 Å². The first-order chi connectivity index (χ1) is 8.43. The van der Waals surface area contributed by atoms with Gasteiger partial charge in [-0.3, -0.25) is 0 Å². The monoisotopic (exact) mass is 254 g/mol. The summed E-state index contributed by atoms with van der Waals surface area (Å²) >= 11 is 0. The molecule has 100 valence electrons. The number of alkyl halides is 1. The first-order valence-corrected chi connectivity index (χ1v) is 5.82. The maximum atomic E-state index is 14.0. The van der Waals surface area contributed by atoms with E-state index in [9.17, 15) is 9.18 Å². The minimum absolute atomic E-state index is 0.371. The molecular weight excluding hydrogens is 235 g/mol. The first-order valence-electron chi connectivity index (χ1n) is 5.82. The van der Waals surface area contributed by atoms with E-state index in [0.717, 1.165) is 11.8 Å². The lowest BCUT2D eigenvalue weighted by Crippen LogP contribution is -2.11. The largest absolute Gasteiger partial charge is 0.493 e. The normalized spacial score (nSPS) is 11.2. The fraction of sp³-hybridized carbons (Fsp3) is 0.500. The Hall–Kier alpha value is -1.58. The van der Waals surface area contributed by atoms with Gasteiger partial charge in [-0.2, -0.15) is 0 Å². The lowest BCUT2D eigenvalue weighted by Gasteiger charge is -2.20. The highest BCUT2D eigenvalue weighted by atomic mass is 19.1. The first kappa shape index (κ1) is 14.5. The third-order valence-electron chi connectivity index (χ3n) is 2.77. The average Bonchev–Trinajstić information content (AvgIpc) is 2.33. The Labute approximate surface area is 107 Å². The van der Waals surface area contributed by atoms with Crippen molar-refractivity contribution in [2.75, 3.05) is 14.2 Å². The molecule has 0 aliphatic heterocycles. The van der Waals surface area contributed by atoms with E-state index in [0.29, 0.717) is 29.9 Å². The molecule has 1 rings (SSSR count). The number of hydrogen-bond acceptors (Lipinski definition) is 3. The molecule has 0 saturated heterocycles. The number of aldehydes is 1. The zero-order chi connectivity index (χ0) is 13.8. The van der Waals surface area contributed by atoms with Gasteiger partial charge in [-0.05, 0) is 43.5 Å². The van der Waals surface area contributed by atoms with Crippen LogP contribution in [0.1, 0.15) is 31.4 Å². The highest BCUT2D eigenvalue weighted by Gasteiger charge is 2.23. The molecule has 0 bridgehead atoms. The smallest absolute Gasteiger partial charge is 0.163 e. The van der Waals surface area contributed by atoms with Gasteiger partial charge in [-0.1, -0.05) is 0 Å². The Kier molecular flexibility index (Phi) is 4.70. The van der Waals surface area contributed by atoms with E-state index in [1.807, 2.05) is 0 Å². The maximum absolute atomic E-state index is 14.0. The summed E-state index contributed by atoms with van der Waals surface area (Å²) in [6.07, 6.45) is 1.71. The number of carbonyl (C=O) groups excluding carboxylic acids is 1. The molecule has 0 unspecified atom stereocenters. The Morgan fingerprint density at radius 3 is 2.39 bits per heavy atom. The van der Waals surface area contributed by atoms with Gasteiger partial charge in [-0.15, -0.1) is 0 Å². The summed E-state index contributed by atoms with van der Waals surface area (Å²) in [6, 6.07) is 3.36. The highest BCUT2D eigenvalue weighted by molar-refractivity contribution is 5.54. The van der Waals surface area contributed by atoms with Crippen LogP contribution in [0, 0.1) is 0 Å². The van der Waals surface area contributed by atoms with Crippen LogP contribution in [0.25, 0.3) is 0 Å². The van der Waals surface area contributed by atoms with Gasteiger partial charge >= 0.3 is 0 Å². The molecule has 18 heavy (non-hydrogen) atoms. The molecule has 0 N–H and O–H groups in total. The molecule has 0 amide bonds. The lowest BCUT2D eigenvalue weighted by molar-refractivity contribution is -0.107. The van der Waals surface area contributed by atoms with Gasteiger partial charge in [-0.25, -0.2) is 4.39 Å². The van der Waals surface area contributed by atoms with Gasteiger partial charge in [0.25, 0.3) is 0 Å². The van der Waals surface area contributed by atoms with Crippen molar-refractivity contribution in [3.63, 3.8) is 0 Å². The number of carbonyl (C=O) groups is 1. The van der Waals surface area contributed by atoms with Gasteiger partial charge in [0.05, 0.1) is 14.2 Å². The second-order valence-corrected chi connectivity index (χ2v) is 4.55. The summed E-state index contributed by atoms with van der Waals surface area (Å²) in [5.74, 6) is 1.05. The number of aryl methyl sites for hydroxylation is 1. The van der Waals surface area contributed by atoms with Crippen molar-refractivity contribution < 1.29 is 18.7 Å². The number of rotatable bonds is 6. The summed E-state index contributed by atoms with van der Waals surface area (Å²) in [7, 11) is 3.04. The molecule has 1 aromatic carbocycles. The fourth-order valence-electron chi connectivity index (χ4n) is 1.79. The van der Waals surface area contributed by atoms with Crippen molar-refractivity contribution in [3.05, 3.63) is 23.3 Å². The molecule has 1 aromatic rings. The third kappa shape index (κ3) is 3.22. The standard InChI is InChI=1S/C14H19FO3/c1-14(2,15)11-8-10(6-5-7-16)13(18-4)12(9-11)17-3/h7-9H,5-6H2,1-4H3. The van der Waals surface area contributed by atoms with Crippen molar-refractivity contribution in [1.82, 2.24) is 0 Å². The van der Waals surface area contributed by atoms with Crippen LogP contribution in [0.4, 0.5) is 4.39 Å². The zero-order valence-corrected chi connectivity index (χ0v) is 11.2. The summed E-state index contributed by atoms with van der Waals surface area (Å²) in [5.41, 5.74) is -0.166. The van der Waals surface area contributed by atoms with Crippen molar-refractivity contribution in [2.24, 2.45) is 0 Å². The van der Waals surface area contributed by atoms with Crippen molar-refractivity contribution in [3.8, 4) is 11.5 Å². The predicted octanol–water partition coefficient (Wildman–Crippen LogP) is 3.04. The van der Waals surface area contributed by atoms with Gasteiger partial charge in [0, 0.05) is 6.42 Å². The molecule has 0 aliphatic carbocycles. The maximum Gasteiger partial charge on any atom is 0.163 e. The van der Waals surface area contributed by atoms with Crippen LogP contribution >= 0.6 is 0 Å². The number of methoxy groups -OCH3 is 2. The Bertz CT molecular complexity index is 422. The summed E-state index contributed by atoms with van der Waals surface area (Å²) in [5, 5.41) is 0. The average molecular weight is 254 g/mol. The molecule has 0 atom stereocenters. The zero-order valence-electron chi connectivity index (χ0n) is 11.2. The molecule has 0 fully saturated rings. The molecule has 0 aliphatic rings. The quantitative estimate of drug-likeness (QED) is 0.732. The van der Waals surface area contributed by atoms with Gasteiger partial charge in [0.2, 0.25) is 0 Å². The lowest BCUT2D eigenvalue weighted by atomic mass is 9.95. The summed E-state index contributed by atoms with van der Waals surface area (Å²) < 4.78 is 24.5. The molecular formula is C14H19FO3. The van der Waals surface area contributed by atoms with Crippen LogP contribution in [0.15, 0.2) is 12.1 Å². The molecule has 0 aromatic heterocycles. The third-order valence-corrected chi connectivity index (χ3v) is 2.77. The minimum atomic E-state index is -1.46. The topological polar surface area (TPSA) is 35.5 Å². The minimum Gasteiger partial charge on any atom is -0.493 e. The second kappa shape index (κ2) is 5.85. The van der Waals surface area contributed by atoms with Crippen molar-refractivity contribution in [1.29, 1.82) is 0 Å². The van der Waals surface area contributed by atoms with Crippen LogP contribution in [0.2, 0.25) is 0 Å². The second-order valence-electron chi connectivity index (χ2n) is 4.55. The van der Waals surface area contributed by atoms with E-state index in [4.69, 9.17) is 9.47 Å². The van der Waals surface area contributed by atoms with E-state index in [1.54, 1.807) is 12.1 Å². The molecule has 3 nitrogen and oxygen atoms in total. The van der Waals surface area contributed by atoms with Crippen molar-refractivity contribution in [2.45, 2.75) is 32.4 Å². The van der Waals surface area contributed by atoms with Gasteiger partial charge < -0.3 is 14.3 Å². The van der Waals surface area contributed by atoms with Gasteiger partial charge in [0.1, 0.15) is 12.0 Å². The highest BCUT2D eigenvalue weighted by Crippen LogP contribution is 2.37. The van der Waals surface area contributed by atoms with Crippen LogP contribution < -0.4 is 9.47 Å². The van der Waals surface area contributed by atoms with E-state index in [-0.39, 0.29) is 0 Å². The van der Waals surface area contributed by atoms with Crippen LogP contribution in [0.5, 0.6) is 11.5 Å². The molecule has 0 radical (unpaired) electrons. The number of ether oxygens (including phenoxy) is 2. The van der Waals surface area contributed by atoms with Crippen LogP contribution in [0.3, 0.4) is 0 Å². The number of benzene rings is 1. The summed E-state index contributed by atoms with van der Waals surface area (Å²) in [4.78, 5) is 10.5. The fourth-order valence-corrected chi connectivity index (χ4v) is 1.79.